The molecule has 0 aliphatic rings. The molecule has 0 amide bonds. The van der Waals surface area contributed by atoms with Crippen LogP contribution in [-0.2, 0) is 0 Å². The van der Waals surface area contributed by atoms with Crippen molar-refractivity contribution in [2.45, 2.75) is 25.4 Å². The molecule has 13 heavy (non-hydrogen) atoms. The molecule has 0 spiro atoms. The highest BCUT2D eigenvalue weighted by Gasteiger charge is 2.11. The molecule has 0 fully saturated rings. The van der Waals surface area contributed by atoms with Crippen molar-refractivity contribution in [1.29, 1.82) is 0 Å². The summed E-state index contributed by atoms with van der Waals surface area (Å²) in [6.07, 6.45) is 0.453. The van der Waals surface area contributed by atoms with Gasteiger partial charge in [-0.1, -0.05) is 30.3 Å². The molecule has 0 aliphatic heterocycles. The van der Waals surface area contributed by atoms with Crippen LogP contribution < -0.4 is 5.73 Å². The monoisotopic (exact) mass is 179 g/mol. The number of hydrogen-bond donors (Lipinski definition) is 2. The molecule has 72 valence electrons. The fourth-order valence-electron chi connectivity index (χ4n) is 1.51. The maximum atomic E-state index is 9.26. The average Bonchev–Trinajstić information content (AvgIpc) is 2.15. The van der Waals surface area contributed by atoms with E-state index in [1.165, 1.54) is 5.56 Å². The number of hydrogen-bond acceptors (Lipinski definition) is 2. The highest BCUT2D eigenvalue weighted by molar-refractivity contribution is 5.19. The topological polar surface area (TPSA) is 46.2 Å². The highest BCUT2D eigenvalue weighted by atomic mass is 16.3. The molecule has 0 saturated heterocycles. The maximum Gasteiger partial charge on any atom is 0.0518 e. The Bertz CT molecular complexity index is 233. The zero-order chi connectivity index (χ0) is 9.68. The molecule has 0 aliphatic carbocycles. The van der Waals surface area contributed by atoms with E-state index in [4.69, 9.17) is 5.73 Å². The zero-order valence-electron chi connectivity index (χ0n) is 7.98. The van der Waals surface area contributed by atoms with Crippen LogP contribution in [0.25, 0.3) is 0 Å². The summed E-state index contributed by atoms with van der Waals surface area (Å²) in [5.41, 5.74) is 6.86. The van der Waals surface area contributed by atoms with Crippen LogP contribution in [0.2, 0.25) is 0 Å². The largest absolute Gasteiger partial charge is 0.393 e. The maximum absolute atomic E-state index is 9.26. The summed E-state index contributed by atoms with van der Waals surface area (Å²) >= 11 is 0. The molecule has 2 nitrogen and oxygen atoms in total. The van der Waals surface area contributed by atoms with Crippen LogP contribution in [0.4, 0.5) is 0 Å². The molecule has 0 unspecified atom stereocenters. The van der Waals surface area contributed by atoms with Gasteiger partial charge in [0.1, 0.15) is 0 Å². The van der Waals surface area contributed by atoms with Gasteiger partial charge in [-0.15, -0.1) is 0 Å². The molecule has 0 heterocycles. The minimum atomic E-state index is -0.284. The number of benzene rings is 1. The van der Waals surface area contributed by atoms with Gasteiger partial charge in [0.2, 0.25) is 0 Å². The summed E-state index contributed by atoms with van der Waals surface area (Å²) in [6, 6.07) is 10.1. The third-order valence-corrected chi connectivity index (χ3v) is 2.18. The molecule has 0 saturated carbocycles. The summed E-state index contributed by atoms with van der Waals surface area (Å²) in [6.45, 7) is 2.39. The summed E-state index contributed by atoms with van der Waals surface area (Å²) < 4.78 is 0. The SMILES string of the molecule is C[C@@H](O)C[C@H](CN)c1ccccc1. The Morgan fingerprint density at radius 1 is 1.31 bits per heavy atom. The molecule has 1 rings (SSSR count). The molecule has 0 aromatic heterocycles. The molecule has 2 heteroatoms. The summed E-state index contributed by atoms with van der Waals surface area (Å²) in [5.74, 6) is 0.279. The first-order valence-corrected chi connectivity index (χ1v) is 4.67. The van der Waals surface area contributed by atoms with Crippen LogP contribution in [-0.4, -0.2) is 17.8 Å². The van der Waals surface area contributed by atoms with Gasteiger partial charge < -0.3 is 10.8 Å². The van der Waals surface area contributed by atoms with Crippen LogP contribution in [0.5, 0.6) is 0 Å². The van der Waals surface area contributed by atoms with E-state index < -0.39 is 0 Å². The Labute approximate surface area is 79.4 Å². The molecule has 1 aromatic carbocycles. The summed E-state index contributed by atoms with van der Waals surface area (Å²) in [7, 11) is 0. The second-order valence-corrected chi connectivity index (χ2v) is 3.43. The highest BCUT2D eigenvalue weighted by Crippen LogP contribution is 2.19. The normalized spacial score (nSPS) is 15.3. The number of aliphatic hydroxyl groups excluding tert-OH is 1. The molecule has 0 radical (unpaired) electrons. The van der Waals surface area contributed by atoms with Gasteiger partial charge in [-0.25, -0.2) is 0 Å². The third kappa shape index (κ3) is 3.17. The lowest BCUT2D eigenvalue weighted by atomic mass is 9.94. The lowest BCUT2D eigenvalue weighted by molar-refractivity contribution is 0.175. The van der Waals surface area contributed by atoms with Crippen molar-refractivity contribution >= 4 is 0 Å². The van der Waals surface area contributed by atoms with Gasteiger partial charge >= 0.3 is 0 Å². The Morgan fingerprint density at radius 3 is 2.38 bits per heavy atom. The zero-order valence-corrected chi connectivity index (χ0v) is 7.98. The fraction of sp³-hybridized carbons (Fsp3) is 0.455. The molecule has 3 N–H and O–H groups in total. The van der Waals surface area contributed by atoms with Gasteiger partial charge in [0.05, 0.1) is 6.10 Å². The van der Waals surface area contributed by atoms with Gasteiger partial charge in [0.25, 0.3) is 0 Å². The predicted octanol–water partition coefficient (Wildman–Crippen LogP) is 1.50. The second kappa shape index (κ2) is 5.00. The van der Waals surface area contributed by atoms with Gasteiger partial charge in [-0.3, -0.25) is 0 Å². The number of aliphatic hydroxyl groups is 1. The van der Waals surface area contributed by atoms with Crippen molar-refractivity contribution in [3.05, 3.63) is 35.9 Å². The number of rotatable bonds is 4. The van der Waals surface area contributed by atoms with E-state index in [-0.39, 0.29) is 12.0 Å². The molecular weight excluding hydrogens is 162 g/mol. The first-order valence-electron chi connectivity index (χ1n) is 4.67. The van der Waals surface area contributed by atoms with E-state index >= 15 is 0 Å². The van der Waals surface area contributed by atoms with E-state index in [9.17, 15) is 5.11 Å². The van der Waals surface area contributed by atoms with E-state index in [1.54, 1.807) is 6.92 Å². The van der Waals surface area contributed by atoms with Crippen molar-refractivity contribution < 1.29 is 5.11 Å². The van der Waals surface area contributed by atoms with E-state index in [2.05, 4.69) is 12.1 Å². The fourth-order valence-corrected chi connectivity index (χ4v) is 1.51. The molecule has 0 bridgehead atoms. The summed E-state index contributed by atoms with van der Waals surface area (Å²) in [4.78, 5) is 0. The van der Waals surface area contributed by atoms with Crippen LogP contribution in [0.15, 0.2) is 30.3 Å². The van der Waals surface area contributed by atoms with E-state index in [0.29, 0.717) is 6.54 Å². The van der Waals surface area contributed by atoms with Crippen molar-refractivity contribution in [3.8, 4) is 0 Å². The minimum Gasteiger partial charge on any atom is -0.393 e. The van der Waals surface area contributed by atoms with E-state index in [1.807, 2.05) is 18.2 Å². The number of nitrogens with two attached hydrogens (primary N) is 1. The van der Waals surface area contributed by atoms with E-state index in [0.717, 1.165) is 6.42 Å². The molecular formula is C11H17NO. The lowest BCUT2D eigenvalue weighted by Gasteiger charge is -2.16. The van der Waals surface area contributed by atoms with Crippen LogP contribution in [0.1, 0.15) is 24.8 Å². The van der Waals surface area contributed by atoms with Crippen LogP contribution in [0, 0.1) is 0 Å². The van der Waals surface area contributed by atoms with Crippen molar-refractivity contribution in [2.24, 2.45) is 5.73 Å². The minimum absolute atomic E-state index is 0.279. The predicted molar refractivity (Wildman–Crippen MR) is 54.5 cm³/mol. The standard InChI is InChI=1S/C11H17NO/c1-9(13)7-11(8-12)10-5-3-2-4-6-10/h2-6,9,11,13H,7-8,12H2,1H3/t9-,11-/m1/s1. The van der Waals surface area contributed by atoms with Gasteiger partial charge in [-0.05, 0) is 31.4 Å². The van der Waals surface area contributed by atoms with Gasteiger partial charge in [0, 0.05) is 0 Å². The Hall–Kier alpha value is -0.860. The summed E-state index contributed by atoms with van der Waals surface area (Å²) in [5, 5.41) is 9.26. The van der Waals surface area contributed by atoms with Crippen molar-refractivity contribution in [3.63, 3.8) is 0 Å². The first kappa shape index (κ1) is 10.2. The Morgan fingerprint density at radius 2 is 1.92 bits per heavy atom. The van der Waals surface area contributed by atoms with Gasteiger partial charge in [0.15, 0.2) is 0 Å². The quantitative estimate of drug-likeness (QED) is 0.735. The Kier molecular flexibility index (Phi) is 3.93. The smallest absolute Gasteiger partial charge is 0.0518 e. The van der Waals surface area contributed by atoms with Gasteiger partial charge in [-0.2, -0.15) is 0 Å². The second-order valence-electron chi connectivity index (χ2n) is 3.43. The average molecular weight is 179 g/mol. The molecule has 1 aromatic rings. The Balaban J connectivity index is 2.67. The van der Waals surface area contributed by atoms with Crippen molar-refractivity contribution in [1.82, 2.24) is 0 Å². The van der Waals surface area contributed by atoms with Crippen LogP contribution in [0.3, 0.4) is 0 Å². The van der Waals surface area contributed by atoms with Crippen LogP contribution >= 0.6 is 0 Å². The lowest BCUT2D eigenvalue weighted by Crippen LogP contribution is -2.17. The van der Waals surface area contributed by atoms with Crippen molar-refractivity contribution in [2.75, 3.05) is 6.54 Å². The molecule has 2 atom stereocenters. The first-order chi connectivity index (χ1) is 6.24. The third-order valence-electron chi connectivity index (χ3n) is 2.18.